The van der Waals surface area contributed by atoms with Crippen LogP contribution in [0.4, 0.5) is 11.4 Å². The summed E-state index contributed by atoms with van der Waals surface area (Å²) in [5.74, 6) is -0.489. The molecule has 0 unspecified atom stereocenters. The standard InChI is InChI=1S/C22H14Cl2N2O2/c23-14-8-9-16-18(22(28)26-20(16)12-14)11-13-4-3-5-15(10-13)25-21(27)17-6-1-2-7-19(17)24/h1-12H,(H,25,27)(H,26,28). The number of anilines is 2. The second-order valence-electron chi connectivity index (χ2n) is 6.26. The average Bonchev–Trinajstić information content (AvgIpc) is 2.96. The number of carbonyl (C=O) groups excluding carboxylic acids is 2. The molecule has 0 saturated carbocycles. The molecule has 1 aliphatic rings. The fourth-order valence-corrected chi connectivity index (χ4v) is 3.42. The van der Waals surface area contributed by atoms with Gasteiger partial charge in [0.1, 0.15) is 0 Å². The Morgan fingerprint density at radius 3 is 2.61 bits per heavy atom. The number of rotatable bonds is 3. The highest BCUT2D eigenvalue weighted by atomic mass is 35.5. The van der Waals surface area contributed by atoms with Crippen LogP contribution in [-0.4, -0.2) is 11.8 Å². The van der Waals surface area contributed by atoms with Crippen LogP contribution in [0.25, 0.3) is 11.6 Å². The molecule has 4 rings (SSSR count). The molecule has 6 heteroatoms. The molecule has 0 aliphatic carbocycles. The van der Waals surface area contributed by atoms with Crippen LogP contribution in [-0.2, 0) is 4.79 Å². The smallest absolute Gasteiger partial charge is 0.257 e. The van der Waals surface area contributed by atoms with Gasteiger partial charge in [-0.05, 0) is 48.0 Å². The summed E-state index contributed by atoms with van der Waals surface area (Å²) in [6.07, 6.45) is 1.78. The Morgan fingerprint density at radius 2 is 1.79 bits per heavy atom. The van der Waals surface area contributed by atoms with Gasteiger partial charge < -0.3 is 10.6 Å². The summed E-state index contributed by atoms with van der Waals surface area (Å²) in [4.78, 5) is 24.8. The third-order valence-electron chi connectivity index (χ3n) is 4.34. The van der Waals surface area contributed by atoms with Crippen LogP contribution in [0, 0.1) is 0 Å². The summed E-state index contributed by atoms with van der Waals surface area (Å²) < 4.78 is 0. The van der Waals surface area contributed by atoms with Crippen molar-refractivity contribution >= 4 is 58.0 Å². The molecule has 1 aliphatic heterocycles. The molecular formula is C22H14Cl2N2O2. The molecule has 0 saturated heterocycles. The zero-order valence-electron chi connectivity index (χ0n) is 14.5. The first-order chi connectivity index (χ1) is 13.5. The molecule has 0 fully saturated rings. The van der Waals surface area contributed by atoms with Crippen LogP contribution in [0.3, 0.4) is 0 Å². The monoisotopic (exact) mass is 408 g/mol. The number of carbonyl (C=O) groups is 2. The second kappa shape index (κ2) is 7.50. The van der Waals surface area contributed by atoms with E-state index in [4.69, 9.17) is 23.2 Å². The number of hydrogen-bond donors (Lipinski definition) is 2. The number of amides is 2. The normalized spacial score (nSPS) is 13.9. The van der Waals surface area contributed by atoms with E-state index in [1.807, 2.05) is 18.2 Å². The summed E-state index contributed by atoms with van der Waals surface area (Å²) in [6, 6.07) is 19.4. The minimum absolute atomic E-state index is 0.192. The Labute approximate surface area is 171 Å². The number of hydrogen-bond acceptors (Lipinski definition) is 2. The molecule has 0 spiro atoms. The lowest BCUT2D eigenvalue weighted by molar-refractivity contribution is -0.110. The highest BCUT2D eigenvalue weighted by molar-refractivity contribution is 6.36. The van der Waals surface area contributed by atoms with Crippen LogP contribution in [0.5, 0.6) is 0 Å². The first-order valence-electron chi connectivity index (χ1n) is 8.50. The maximum Gasteiger partial charge on any atom is 0.257 e. The van der Waals surface area contributed by atoms with Gasteiger partial charge in [-0.1, -0.05) is 53.5 Å². The van der Waals surface area contributed by atoms with E-state index >= 15 is 0 Å². The predicted octanol–water partition coefficient (Wildman–Crippen LogP) is 5.74. The molecule has 1 heterocycles. The first-order valence-corrected chi connectivity index (χ1v) is 9.26. The lowest BCUT2D eigenvalue weighted by Gasteiger charge is -2.08. The van der Waals surface area contributed by atoms with E-state index in [-0.39, 0.29) is 11.8 Å². The molecular weight excluding hydrogens is 395 g/mol. The highest BCUT2D eigenvalue weighted by Gasteiger charge is 2.24. The Balaban J connectivity index is 1.62. The van der Waals surface area contributed by atoms with E-state index in [2.05, 4.69) is 10.6 Å². The molecule has 0 aromatic heterocycles. The van der Waals surface area contributed by atoms with Crippen molar-refractivity contribution in [3.63, 3.8) is 0 Å². The van der Waals surface area contributed by atoms with Crippen molar-refractivity contribution in [1.82, 2.24) is 0 Å². The van der Waals surface area contributed by atoms with Crippen molar-refractivity contribution in [3.05, 3.63) is 93.5 Å². The van der Waals surface area contributed by atoms with E-state index < -0.39 is 0 Å². The fourth-order valence-electron chi connectivity index (χ4n) is 3.03. The number of halogens is 2. The fraction of sp³-hybridized carbons (Fsp3) is 0. The Kier molecular flexibility index (Phi) is 4.90. The lowest BCUT2D eigenvalue weighted by Crippen LogP contribution is -2.12. The predicted molar refractivity (Wildman–Crippen MR) is 114 cm³/mol. The molecule has 138 valence electrons. The summed E-state index contributed by atoms with van der Waals surface area (Å²) in [5, 5.41) is 6.58. The molecule has 28 heavy (non-hydrogen) atoms. The van der Waals surface area contributed by atoms with Gasteiger partial charge in [-0.25, -0.2) is 0 Å². The van der Waals surface area contributed by atoms with Gasteiger partial charge >= 0.3 is 0 Å². The van der Waals surface area contributed by atoms with E-state index in [0.717, 1.165) is 11.1 Å². The Hall–Kier alpha value is -3.08. The van der Waals surface area contributed by atoms with Gasteiger partial charge in [0.15, 0.2) is 0 Å². The minimum Gasteiger partial charge on any atom is -0.322 e. The van der Waals surface area contributed by atoms with Gasteiger partial charge in [-0.3, -0.25) is 9.59 Å². The van der Waals surface area contributed by atoms with Crippen LogP contribution in [0.15, 0.2) is 66.7 Å². The molecule has 0 radical (unpaired) electrons. The largest absolute Gasteiger partial charge is 0.322 e. The van der Waals surface area contributed by atoms with Gasteiger partial charge in [0, 0.05) is 21.8 Å². The SMILES string of the molecule is O=C1Nc2cc(Cl)ccc2C1=Cc1cccc(NC(=O)c2ccccc2Cl)c1. The van der Waals surface area contributed by atoms with Gasteiger partial charge in [0.05, 0.1) is 16.3 Å². The molecule has 3 aromatic rings. The van der Waals surface area contributed by atoms with Crippen molar-refractivity contribution in [2.75, 3.05) is 10.6 Å². The third kappa shape index (κ3) is 3.65. The average molecular weight is 409 g/mol. The second-order valence-corrected chi connectivity index (χ2v) is 7.11. The van der Waals surface area contributed by atoms with E-state index in [0.29, 0.717) is 32.6 Å². The van der Waals surface area contributed by atoms with Crippen LogP contribution in [0.1, 0.15) is 21.5 Å². The first kappa shape index (κ1) is 18.3. The molecule has 2 amide bonds. The topological polar surface area (TPSA) is 58.2 Å². The van der Waals surface area contributed by atoms with Crippen molar-refractivity contribution in [2.24, 2.45) is 0 Å². The molecule has 3 aromatic carbocycles. The van der Waals surface area contributed by atoms with Crippen LogP contribution in [0.2, 0.25) is 10.0 Å². The number of nitrogens with one attached hydrogen (secondary N) is 2. The van der Waals surface area contributed by atoms with Gasteiger partial charge in [0.25, 0.3) is 11.8 Å². The summed E-state index contributed by atoms with van der Waals surface area (Å²) in [6.45, 7) is 0. The van der Waals surface area contributed by atoms with E-state index in [1.165, 1.54) is 0 Å². The van der Waals surface area contributed by atoms with Crippen molar-refractivity contribution in [2.45, 2.75) is 0 Å². The van der Waals surface area contributed by atoms with Crippen LogP contribution >= 0.6 is 23.2 Å². The number of fused-ring (bicyclic) bond motifs is 1. The zero-order valence-corrected chi connectivity index (χ0v) is 16.0. The summed E-state index contributed by atoms with van der Waals surface area (Å²) >= 11 is 12.1. The molecule has 2 N–H and O–H groups in total. The molecule has 0 bridgehead atoms. The van der Waals surface area contributed by atoms with E-state index in [9.17, 15) is 9.59 Å². The Morgan fingerprint density at radius 1 is 0.964 bits per heavy atom. The maximum absolute atomic E-state index is 12.5. The van der Waals surface area contributed by atoms with Gasteiger partial charge in [0.2, 0.25) is 0 Å². The lowest BCUT2D eigenvalue weighted by atomic mass is 10.0. The summed E-state index contributed by atoms with van der Waals surface area (Å²) in [7, 11) is 0. The van der Waals surface area contributed by atoms with Crippen molar-refractivity contribution < 1.29 is 9.59 Å². The van der Waals surface area contributed by atoms with Crippen LogP contribution < -0.4 is 10.6 Å². The Bertz CT molecular complexity index is 1140. The van der Waals surface area contributed by atoms with Crippen molar-refractivity contribution in [3.8, 4) is 0 Å². The van der Waals surface area contributed by atoms with Crippen molar-refractivity contribution in [1.29, 1.82) is 0 Å². The quantitative estimate of drug-likeness (QED) is 0.542. The van der Waals surface area contributed by atoms with E-state index in [1.54, 1.807) is 54.6 Å². The van der Waals surface area contributed by atoms with Gasteiger partial charge in [-0.15, -0.1) is 0 Å². The molecule has 4 nitrogen and oxygen atoms in total. The summed E-state index contributed by atoms with van der Waals surface area (Å²) in [5.41, 5.74) is 3.81. The zero-order chi connectivity index (χ0) is 19.7. The number of benzene rings is 3. The minimum atomic E-state index is -0.297. The third-order valence-corrected chi connectivity index (χ3v) is 4.90. The molecule has 0 atom stereocenters. The highest BCUT2D eigenvalue weighted by Crippen LogP contribution is 2.35. The van der Waals surface area contributed by atoms with Gasteiger partial charge in [-0.2, -0.15) is 0 Å². The maximum atomic E-state index is 12.5.